The van der Waals surface area contributed by atoms with Crippen molar-refractivity contribution in [1.82, 2.24) is 0 Å². The summed E-state index contributed by atoms with van der Waals surface area (Å²) in [5.41, 5.74) is 0. The van der Waals surface area contributed by atoms with Gasteiger partial charge in [0, 0.05) is 12.0 Å². The lowest BCUT2D eigenvalue weighted by Gasteiger charge is -2.15. The molecule has 0 saturated carbocycles. The number of carboxylic acid groups (broad SMARTS) is 1. The Labute approximate surface area is 145 Å². The van der Waals surface area contributed by atoms with Crippen molar-refractivity contribution in [2.75, 3.05) is 0 Å². The normalized spacial score (nSPS) is 22.0. The molecule has 3 atom stereocenters. The quantitative estimate of drug-likeness (QED) is 0.321. The van der Waals surface area contributed by atoms with Crippen LogP contribution in [-0.2, 0) is 9.59 Å². The molecule has 0 aromatic carbocycles. The van der Waals surface area contributed by atoms with Crippen LogP contribution in [0.4, 0.5) is 0 Å². The smallest absolute Gasteiger partial charge is 0.327 e. The van der Waals surface area contributed by atoms with Crippen molar-refractivity contribution >= 4 is 11.8 Å². The van der Waals surface area contributed by atoms with E-state index in [4.69, 9.17) is 5.11 Å². The maximum absolute atomic E-state index is 12.0. The molecule has 1 aliphatic carbocycles. The van der Waals surface area contributed by atoms with E-state index >= 15 is 0 Å². The number of ketones is 1. The first-order valence-corrected chi connectivity index (χ1v) is 9.02. The Bertz CT molecular complexity index is 476. The highest BCUT2D eigenvalue weighted by Gasteiger charge is 2.27. The van der Waals surface area contributed by atoms with Crippen molar-refractivity contribution in [2.45, 2.75) is 64.4 Å². The summed E-state index contributed by atoms with van der Waals surface area (Å²) in [6, 6.07) is 0. The molecule has 0 radical (unpaired) electrons. The number of carboxylic acids is 1. The molecular formula is C20H30O4. The maximum Gasteiger partial charge on any atom is 0.327 e. The van der Waals surface area contributed by atoms with Gasteiger partial charge >= 0.3 is 5.97 Å². The lowest BCUT2D eigenvalue weighted by molar-refractivity contribution is -0.131. The molecule has 134 valence electrons. The van der Waals surface area contributed by atoms with Crippen LogP contribution < -0.4 is 0 Å². The number of carbonyl (C=O) groups is 2. The molecular weight excluding hydrogens is 304 g/mol. The lowest BCUT2D eigenvalue weighted by Crippen LogP contribution is -2.14. The van der Waals surface area contributed by atoms with Gasteiger partial charge in [-0.1, -0.05) is 56.9 Å². The molecule has 0 aromatic rings. The number of rotatable bonds is 12. The standard InChI is InChI=1S/C20H30O4/c1-2-3-6-10-17(21)13-14-18-16(12-15-19(18)22)9-7-4-5-8-11-20(23)24/h8,11-18,21H,2-7,9-10H2,1H3,(H,23,24)/t16-,17-,18+/m0/s1. The van der Waals surface area contributed by atoms with Crippen LogP contribution >= 0.6 is 0 Å². The van der Waals surface area contributed by atoms with Gasteiger partial charge in [-0.15, -0.1) is 0 Å². The Morgan fingerprint density at radius 3 is 2.79 bits per heavy atom. The third-order valence-corrected chi connectivity index (χ3v) is 4.36. The minimum absolute atomic E-state index is 0.114. The van der Waals surface area contributed by atoms with Gasteiger partial charge in [-0.05, 0) is 37.7 Å². The van der Waals surface area contributed by atoms with Crippen molar-refractivity contribution in [3.05, 3.63) is 36.5 Å². The van der Waals surface area contributed by atoms with E-state index in [1.54, 1.807) is 18.2 Å². The number of hydrogen-bond donors (Lipinski definition) is 2. The van der Waals surface area contributed by atoms with E-state index < -0.39 is 12.1 Å². The molecule has 0 saturated heterocycles. The Balaban J connectivity index is 2.34. The predicted octanol–water partition coefficient (Wildman–Crippen LogP) is 4.06. The van der Waals surface area contributed by atoms with Crippen molar-refractivity contribution in [3.63, 3.8) is 0 Å². The first-order valence-electron chi connectivity index (χ1n) is 9.02. The fraction of sp³-hybridized carbons (Fsp3) is 0.600. The SMILES string of the molecule is CCCCC[C@H](O)C=C[C@H]1C(=O)C=C[C@@H]1CCCCC=CC(=O)O. The fourth-order valence-electron chi connectivity index (χ4n) is 2.95. The molecule has 24 heavy (non-hydrogen) atoms. The molecule has 0 unspecified atom stereocenters. The number of aliphatic hydroxyl groups excluding tert-OH is 1. The zero-order valence-corrected chi connectivity index (χ0v) is 14.6. The molecule has 0 spiro atoms. The maximum atomic E-state index is 12.0. The monoisotopic (exact) mass is 334 g/mol. The number of allylic oxidation sites excluding steroid dienone is 4. The molecule has 0 fully saturated rings. The molecule has 0 aliphatic heterocycles. The van der Waals surface area contributed by atoms with Gasteiger partial charge in [-0.25, -0.2) is 4.79 Å². The Morgan fingerprint density at radius 2 is 2.08 bits per heavy atom. The van der Waals surface area contributed by atoms with E-state index in [0.717, 1.165) is 51.4 Å². The summed E-state index contributed by atoms with van der Waals surface area (Å²) in [7, 11) is 0. The fourth-order valence-corrected chi connectivity index (χ4v) is 2.95. The largest absolute Gasteiger partial charge is 0.478 e. The van der Waals surface area contributed by atoms with Gasteiger partial charge in [0.05, 0.1) is 6.10 Å². The van der Waals surface area contributed by atoms with Crippen molar-refractivity contribution in [1.29, 1.82) is 0 Å². The van der Waals surface area contributed by atoms with Crippen LogP contribution in [0.5, 0.6) is 0 Å². The summed E-state index contributed by atoms with van der Waals surface area (Å²) in [5, 5.41) is 18.5. The zero-order chi connectivity index (χ0) is 17.8. The van der Waals surface area contributed by atoms with Crippen molar-refractivity contribution in [3.8, 4) is 0 Å². The number of aliphatic hydroxyl groups is 1. The summed E-state index contributed by atoms with van der Waals surface area (Å²) >= 11 is 0. The minimum Gasteiger partial charge on any atom is -0.478 e. The van der Waals surface area contributed by atoms with Crippen molar-refractivity contribution in [2.24, 2.45) is 11.8 Å². The molecule has 0 heterocycles. The molecule has 4 heteroatoms. The van der Waals surface area contributed by atoms with Crippen LogP contribution in [0, 0.1) is 11.8 Å². The number of unbranched alkanes of at least 4 members (excludes halogenated alkanes) is 4. The second-order valence-electron chi connectivity index (χ2n) is 6.42. The van der Waals surface area contributed by atoms with E-state index in [9.17, 15) is 14.7 Å². The van der Waals surface area contributed by atoms with Crippen LogP contribution in [0.1, 0.15) is 58.3 Å². The van der Waals surface area contributed by atoms with Gasteiger partial charge in [0.1, 0.15) is 0 Å². The van der Waals surface area contributed by atoms with E-state index in [1.807, 2.05) is 12.2 Å². The van der Waals surface area contributed by atoms with E-state index in [2.05, 4.69) is 6.92 Å². The highest BCUT2D eigenvalue weighted by atomic mass is 16.4. The highest BCUT2D eigenvalue weighted by molar-refractivity contribution is 5.95. The molecule has 0 aromatic heterocycles. The van der Waals surface area contributed by atoms with Crippen LogP contribution in [0.15, 0.2) is 36.5 Å². The third kappa shape index (κ3) is 8.25. The average Bonchev–Trinajstić information content (AvgIpc) is 2.89. The first-order chi connectivity index (χ1) is 11.5. The highest BCUT2D eigenvalue weighted by Crippen LogP contribution is 2.29. The summed E-state index contributed by atoms with van der Waals surface area (Å²) in [6.07, 6.45) is 17.2. The molecule has 4 nitrogen and oxygen atoms in total. The van der Waals surface area contributed by atoms with Crippen LogP contribution in [0.25, 0.3) is 0 Å². The van der Waals surface area contributed by atoms with E-state index in [1.165, 1.54) is 6.08 Å². The number of aliphatic carboxylic acids is 1. The van der Waals surface area contributed by atoms with Crippen molar-refractivity contribution < 1.29 is 19.8 Å². The Morgan fingerprint density at radius 1 is 1.29 bits per heavy atom. The van der Waals surface area contributed by atoms with Gasteiger partial charge in [-0.3, -0.25) is 4.79 Å². The Hall–Kier alpha value is -1.68. The predicted molar refractivity (Wildman–Crippen MR) is 95.7 cm³/mol. The second-order valence-corrected chi connectivity index (χ2v) is 6.42. The number of carbonyl (C=O) groups excluding carboxylic acids is 1. The van der Waals surface area contributed by atoms with Crippen LogP contribution in [-0.4, -0.2) is 28.1 Å². The zero-order valence-electron chi connectivity index (χ0n) is 14.6. The number of hydrogen-bond acceptors (Lipinski definition) is 3. The van der Waals surface area contributed by atoms with Gasteiger partial charge in [-0.2, -0.15) is 0 Å². The summed E-state index contributed by atoms with van der Waals surface area (Å²) in [6.45, 7) is 2.13. The third-order valence-electron chi connectivity index (χ3n) is 4.36. The molecule has 0 amide bonds. The Kier molecular flexibility index (Phi) is 10.0. The van der Waals surface area contributed by atoms with Gasteiger partial charge < -0.3 is 10.2 Å². The van der Waals surface area contributed by atoms with Gasteiger partial charge in [0.15, 0.2) is 5.78 Å². The van der Waals surface area contributed by atoms with E-state index in [-0.39, 0.29) is 17.6 Å². The first kappa shape index (κ1) is 20.4. The minimum atomic E-state index is -0.915. The molecule has 0 bridgehead atoms. The summed E-state index contributed by atoms with van der Waals surface area (Å²) < 4.78 is 0. The van der Waals surface area contributed by atoms with Crippen LogP contribution in [0.2, 0.25) is 0 Å². The van der Waals surface area contributed by atoms with Gasteiger partial charge in [0.2, 0.25) is 0 Å². The van der Waals surface area contributed by atoms with Gasteiger partial charge in [0.25, 0.3) is 0 Å². The molecule has 1 rings (SSSR count). The van der Waals surface area contributed by atoms with E-state index in [0.29, 0.717) is 0 Å². The summed E-state index contributed by atoms with van der Waals surface area (Å²) in [4.78, 5) is 22.3. The lowest BCUT2D eigenvalue weighted by atomic mass is 9.89. The molecule has 2 N–H and O–H groups in total. The summed E-state index contributed by atoms with van der Waals surface area (Å²) in [5.74, 6) is -0.759. The molecule has 1 aliphatic rings. The second kappa shape index (κ2) is 11.8. The topological polar surface area (TPSA) is 74.6 Å². The average molecular weight is 334 g/mol. The van der Waals surface area contributed by atoms with Crippen LogP contribution in [0.3, 0.4) is 0 Å².